The maximum absolute atomic E-state index is 13.5. The lowest BCUT2D eigenvalue weighted by Crippen LogP contribution is -2.39. The number of carbonyl (C=O) groups excluding carboxylic acids is 1. The molecule has 176 valence electrons. The van der Waals surface area contributed by atoms with Crippen LogP contribution in [0.1, 0.15) is 43.2 Å². The van der Waals surface area contributed by atoms with Gasteiger partial charge in [-0.25, -0.2) is 9.79 Å². The van der Waals surface area contributed by atoms with Gasteiger partial charge < -0.3 is 9.47 Å². The number of nitrogens with zero attached hydrogens (tertiary/aromatic N) is 2. The number of carbonyl (C=O) groups is 1. The van der Waals surface area contributed by atoms with Crippen molar-refractivity contribution in [3.8, 4) is 5.75 Å². The molecule has 0 bridgehead atoms. The zero-order valence-corrected chi connectivity index (χ0v) is 20.8. The summed E-state index contributed by atoms with van der Waals surface area (Å²) in [4.78, 5) is 32.7. The summed E-state index contributed by atoms with van der Waals surface area (Å²) in [6.45, 7) is 8.23. The molecule has 2 aromatic heterocycles. The number of rotatable bonds is 9. The molecule has 0 saturated heterocycles. The van der Waals surface area contributed by atoms with Crippen LogP contribution in [0.3, 0.4) is 0 Å². The van der Waals surface area contributed by atoms with Crippen molar-refractivity contribution in [2.24, 2.45) is 4.99 Å². The molecule has 3 aromatic rings. The highest BCUT2D eigenvalue weighted by Crippen LogP contribution is 2.31. The van der Waals surface area contributed by atoms with E-state index in [9.17, 15) is 9.59 Å². The minimum absolute atomic E-state index is 0.0787. The van der Waals surface area contributed by atoms with E-state index in [0.717, 1.165) is 29.0 Å². The molecule has 3 heterocycles. The van der Waals surface area contributed by atoms with E-state index >= 15 is 0 Å². The highest BCUT2D eigenvalue weighted by molar-refractivity contribution is 7.11. The second kappa shape index (κ2) is 10.8. The number of allylic oxidation sites excluding steroid dienone is 1. The molecule has 0 radical (unpaired) electrons. The first kappa shape index (κ1) is 23.9. The molecule has 6 nitrogen and oxygen atoms in total. The second-order valence-corrected chi connectivity index (χ2v) is 9.74. The van der Waals surface area contributed by atoms with E-state index in [1.807, 2.05) is 47.9 Å². The quantitative estimate of drug-likeness (QED) is 0.254. The molecule has 0 N–H and O–H groups in total. The van der Waals surface area contributed by atoms with Crippen molar-refractivity contribution in [1.82, 2.24) is 4.57 Å². The van der Waals surface area contributed by atoms with Gasteiger partial charge in [0.25, 0.3) is 5.56 Å². The maximum atomic E-state index is 13.5. The number of esters is 1. The van der Waals surface area contributed by atoms with Crippen LogP contribution in [0.4, 0.5) is 0 Å². The summed E-state index contributed by atoms with van der Waals surface area (Å²) in [5.74, 6) is 0.237. The maximum Gasteiger partial charge on any atom is 0.338 e. The predicted octanol–water partition coefficient (Wildman–Crippen LogP) is 4.20. The SMILES string of the molecule is C=CCOC(=O)C1=C(C)N=c2s/c(=C\c3cccs3)c(=O)n2C1c1ccc(OCCCC)cc1. The van der Waals surface area contributed by atoms with Gasteiger partial charge in [0, 0.05) is 4.88 Å². The molecule has 1 unspecified atom stereocenters. The van der Waals surface area contributed by atoms with Gasteiger partial charge in [-0.15, -0.1) is 11.3 Å². The minimum atomic E-state index is -0.649. The summed E-state index contributed by atoms with van der Waals surface area (Å²) in [6, 6.07) is 10.8. The molecular weight excluding hydrogens is 468 g/mol. The Labute approximate surface area is 205 Å². The largest absolute Gasteiger partial charge is 0.494 e. The van der Waals surface area contributed by atoms with E-state index in [1.165, 1.54) is 17.4 Å². The van der Waals surface area contributed by atoms with Gasteiger partial charge in [0.2, 0.25) is 0 Å². The van der Waals surface area contributed by atoms with Gasteiger partial charge in [-0.05, 0) is 48.6 Å². The Morgan fingerprint density at radius 1 is 1.26 bits per heavy atom. The van der Waals surface area contributed by atoms with Gasteiger partial charge in [0.15, 0.2) is 4.80 Å². The first-order chi connectivity index (χ1) is 16.5. The third kappa shape index (κ3) is 4.98. The normalized spacial score (nSPS) is 15.6. The fourth-order valence-electron chi connectivity index (χ4n) is 3.69. The average Bonchev–Trinajstić information content (AvgIpc) is 3.45. The van der Waals surface area contributed by atoms with Crippen molar-refractivity contribution in [3.63, 3.8) is 0 Å². The van der Waals surface area contributed by atoms with Crippen molar-refractivity contribution < 1.29 is 14.3 Å². The summed E-state index contributed by atoms with van der Waals surface area (Å²) < 4.78 is 13.3. The summed E-state index contributed by atoms with van der Waals surface area (Å²) in [6.07, 6.45) is 5.41. The number of ether oxygens (including phenoxy) is 2. The number of hydrogen-bond donors (Lipinski definition) is 0. The third-order valence-electron chi connectivity index (χ3n) is 5.35. The van der Waals surface area contributed by atoms with Crippen LogP contribution in [-0.4, -0.2) is 23.8 Å². The van der Waals surface area contributed by atoms with Crippen LogP contribution in [0, 0.1) is 0 Å². The van der Waals surface area contributed by atoms with Crippen LogP contribution < -0.4 is 19.6 Å². The molecule has 4 rings (SSSR count). The highest BCUT2D eigenvalue weighted by atomic mass is 32.1. The number of unbranched alkanes of at least 4 members (excludes halogenated alkanes) is 1. The van der Waals surface area contributed by atoms with E-state index in [2.05, 4.69) is 18.5 Å². The molecule has 1 atom stereocenters. The highest BCUT2D eigenvalue weighted by Gasteiger charge is 2.33. The molecule has 0 spiro atoms. The molecule has 0 aliphatic carbocycles. The molecule has 1 aromatic carbocycles. The zero-order valence-electron chi connectivity index (χ0n) is 19.2. The van der Waals surface area contributed by atoms with Crippen LogP contribution in [0.25, 0.3) is 6.08 Å². The molecule has 0 fully saturated rings. The summed E-state index contributed by atoms with van der Waals surface area (Å²) in [5, 5.41) is 1.97. The van der Waals surface area contributed by atoms with E-state index < -0.39 is 12.0 Å². The van der Waals surface area contributed by atoms with E-state index in [-0.39, 0.29) is 12.2 Å². The van der Waals surface area contributed by atoms with Crippen molar-refractivity contribution >= 4 is 34.7 Å². The smallest absolute Gasteiger partial charge is 0.338 e. The van der Waals surface area contributed by atoms with E-state index in [4.69, 9.17) is 9.47 Å². The summed E-state index contributed by atoms with van der Waals surface area (Å²) in [7, 11) is 0. The van der Waals surface area contributed by atoms with Crippen LogP contribution in [0.15, 0.2) is 75.5 Å². The Morgan fingerprint density at radius 3 is 2.74 bits per heavy atom. The Balaban J connectivity index is 1.82. The number of thiophene rings is 1. The van der Waals surface area contributed by atoms with E-state index in [1.54, 1.807) is 22.8 Å². The van der Waals surface area contributed by atoms with Crippen molar-refractivity contribution in [2.45, 2.75) is 32.7 Å². The Kier molecular flexibility index (Phi) is 7.59. The standard InChI is InChI=1S/C26H26N2O4S2/c1-4-6-14-31-19-11-9-18(10-12-19)23-22(25(30)32-13-5-2)17(3)27-26-28(23)24(29)21(34-26)16-20-8-7-15-33-20/h5,7-12,15-16,23H,2,4,6,13-14H2,1,3H3/b21-16-. The summed E-state index contributed by atoms with van der Waals surface area (Å²) in [5.41, 5.74) is 1.47. The van der Waals surface area contributed by atoms with Crippen LogP contribution >= 0.6 is 22.7 Å². The molecule has 0 amide bonds. The third-order valence-corrected chi connectivity index (χ3v) is 7.16. The number of benzene rings is 1. The molecule has 8 heteroatoms. The predicted molar refractivity (Wildman–Crippen MR) is 136 cm³/mol. The van der Waals surface area contributed by atoms with Gasteiger partial charge in [0.05, 0.1) is 28.5 Å². The molecule has 1 aliphatic rings. The minimum Gasteiger partial charge on any atom is -0.494 e. The van der Waals surface area contributed by atoms with Crippen LogP contribution in [-0.2, 0) is 9.53 Å². The monoisotopic (exact) mass is 494 g/mol. The lowest BCUT2D eigenvalue weighted by molar-refractivity contribution is -0.138. The molecule has 1 aliphatic heterocycles. The van der Waals surface area contributed by atoms with Crippen molar-refractivity contribution in [1.29, 1.82) is 0 Å². The summed E-state index contributed by atoms with van der Waals surface area (Å²) >= 11 is 2.88. The first-order valence-electron chi connectivity index (χ1n) is 11.1. The van der Waals surface area contributed by atoms with Gasteiger partial charge in [-0.1, -0.05) is 55.5 Å². The van der Waals surface area contributed by atoms with Gasteiger partial charge in [-0.2, -0.15) is 0 Å². The fraction of sp³-hybridized carbons (Fsp3) is 0.269. The lowest BCUT2D eigenvalue weighted by atomic mass is 9.96. The second-order valence-electron chi connectivity index (χ2n) is 7.76. The Bertz CT molecular complexity index is 1380. The van der Waals surface area contributed by atoms with Crippen molar-refractivity contribution in [2.75, 3.05) is 13.2 Å². The number of fused-ring (bicyclic) bond motifs is 1. The van der Waals surface area contributed by atoms with Crippen LogP contribution in [0.5, 0.6) is 5.75 Å². The van der Waals surface area contributed by atoms with Gasteiger partial charge in [0.1, 0.15) is 12.4 Å². The number of aromatic nitrogens is 1. The van der Waals surface area contributed by atoms with Gasteiger partial charge >= 0.3 is 5.97 Å². The Morgan fingerprint density at radius 2 is 2.06 bits per heavy atom. The Hall–Kier alpha value is -3.23. The average molecular weight is 495 g/mol. The van der Waals surface area contributed by atoms with Crippen molar-refractivity contribution in [3.05, 3.63) is 95.8 Å². The topological polar surface area (TPSA) is 69.9 Å². The number of thiazole rings is 1. The molecule has 34 heavy (non-hydrogen) atoms. The van der Waals surface area contributed by atoms with E-state index in [0.29, 0.717) is 27.2 Å². The van der Waals surface area contributed by atoms with Gasteiger partial charge in [-0.3, -0.25) is 9.36 Å². The molecular formula is C26H26N2O4S2. The zero-order chi connectivity index (χ0) is 24.1. The first-order valence-corrected chi connectivity index (χ1v) is 12.8. The fourth-order valence-corrected chi connectivity index (χ4v) is 5.46. The molecule has 0 saturated carbocycles. The number of hydrogen-bond acceptors (Lipinski definition) is 7. The lowest BCUT2D eigenvalue weighted by Gasteiger charge is -2.24. The van der Waals surface area contributed by atoms with Crippen LogP contribution in [0.2, 0.25) is 0 Å².